The van der Waals surface area contributed by atoms with Crippen molar-refractivity contribution in [2.24, 2.45) is 0 Å². The van der Waals surface area contributed by atoms with E-state index in [0.717, 1.165) is 28.1 Å². The molecular formula is C16H18N4O2S. The molecule has 1 aliphatic heterocycles. The lowest BCUT2D eigenvalue weighted by molar-refractivity contribution is -0.0379. The SMILES string of the molecule is C=CCOc1nc2c3c4c(sc3nc(C)n2n1)COC(C)(C)C4. The highest BCUT2D eigenvalue weighted by molar-refractivity contribution is 7.19. The van der Waals surface area contributed by atoms with Gasteiger partial charge in [-0.3, -0.25) is 0 Å². The smallest absolute Gasteiger partial charge is 0.336 e. The van der Waals surface area contributed by atoms with Gasteiger partial charge in [-0.05, 0) is 26.3 Å². The Morgan fingerprint density at radius 1 is 1.43 bits per heavy atom. The highest BCUT2D eigenvalue weighted by Crippen LogP contribution is 2.40. The van der Waals surface area contributed by atoms with Gasteiger partial charge in [-0.25, -0.2) is 4.98 Å². The van der Waals surface area contributed by atoms with Crippen molar-refractivity contribution in [3.63, 3.8) is 0 Å². The molecule has 0 fully saturated rings. The monoisotopic (exact) mass is 330 g/mol. The van der Waals surface area contributed by atoms with Gasteiger partial charge < -0.3 is 9.47 Å². The van der Waals surface area contributed by atoms with Gasteiger partial charge in [0.15, 0.2) is 5.65 Å². The molecular weight excluding hydrogens is 312 g/mol. The molecule has 3 aromatic heterocycles. The molecule has 0 saturated heterocycles. The first-order valence-electron chi connectivity index (χ1n) is 7.54. The summed E-state index contributed by atoms with van der Waals surface area (Å²) in [4.78, 5) is 11.5. The second-order valence-electron chi connectivity index (χ2n) is 6.30. The maximum atomic E-state index is 5.93. The van der Waals surface area contributed by atoms with E-state index >= 15 is 0 Å². The first kappa shape index (κ1) is 14.6. The van der Waals surface area contributed by atoms with E-state index in [1.54, 1.807) is 21.9 Å². The quantitative estimate of drug-likeness (QED) is 0.691. The van der Waals surface area contributed by atoms with Crippen LogP contribution >= 0.6 is 11.3 Å². The molecule has 0 aliphatic carbocycles. The lowest BCUT2D eigenvalue weighted by atomic mass is 9.94. The van der Waals surface area contributed by atoms with Gasteiger partial charge in [-0.2, -0.15) is 9.50 Å². The Morgan fingerprint density at radius 2 is 2.26 bits per heavy atom. The molecule has 4 rings (SSSR count). The van der Waals surface area contributed by atoms with Gasteiger partial charge >= 0.3 is 6.01 Å². The van der Waals surface area contributed by atoms with Crippen LogP contribution in [0.5, 0.6) is 6.01 Å². The van der Waals surface area contributed by atoms with Crippen LogP contribution in [0.2, 0.25) is 0 Å². The minimum absolute atomic E-state index is 0.176. The molecule has 23 heavy (non-hydrogen) atoms. The standard InChI is InChI=1S/C16H18N4O2S/c1-5-6-21-15-18-13-12-10-7-16(3,4)22-8-11(10)23-14(12)17-9(2)20(13)19-15/h5H,1,6-8H2,2-4H3. The van der Waals surface area contributed by atoms with Gasteiger partial charge in [0.05, 0.1) is 17.6 Å². The molecule has 4 heterocycles. The summed E-state index contributed by atoms with van der Waals surface area (Å²) in [5.41, 5.74) is 1.91. The number of aryl methyl sites for hydroxylation is 1. The van der Waals surface area contributed by atoms with Crippen molar-refractivity contribution in [3.8, 4) is 6.01 Å². The van der Waals surface area contributed by atoms with Crippen LogP contribution in [-0.2, 0) is 17.8 Å². The van der Waals surface area contributed by atoms with Crippen molar-refractivity contribution in [3.05, 3.63) is 28.9 Å². The molecule has 7 heteroatoms. The fourth-order valence-corrected chi connectivity index (χ4v) is 4.06. The van der Waals surface area contributed by atoms with Gasteiger partial charge in [0.2, 0.25) is 0 Å². The summed E-state index contributed by atoms with van der Waals surface area (Å²) < 4.78 is 13.2. The van der Waals surface area contributed by atoms with Gasteiger partial charge in [0.25, 0.3) is 0 Å². The Bertz CT molecular complexity index is 925. The topological polar surface area (TPSA) is 61.5 Å². The number of fused-ring (bicyclic) bond motifs is 5. The summed E-state index contributed by atoms with van der Waals surface area (Å²) in [6, 6.07) is 0.355. The van der Waals surface area contributed by atoms with Crippen molar-refractivity contribution >= 4 is 27.2 Å². The van der Waals surface area contributed by atoms with Crippen LogP contribution in [0.1, 0.15) is 30.1 Å². The van der Waals surface area contributed by atoms with Crippen molar-refractivity contribution in [2.45, 2.75) is 39.4 Å². The zero-order valence-electron chi connectivity index (χ0n) is 13.4. The normalized spacial score (nSPS) is 16.7. The molecule has 0 atom stereocenters. The number of aromatic nitrogens is 4. The summed E-state index contributed by atoms with van der Waals surface area (Å²) in [6.45, 7) is 10.8. The maximum absolute atomic E-state index is 5.93. The molecule has 0 saturated carbocycles. The summed E-state index contributed by atoms with van der Waals surface area (Å²) in [7, 11) is 0. The summed E-state index contributed by atoms with van der Waals surface area (Å²) >= 11 is 1.68. The average molecular weight is 330 g/mol. The molecule has 0 spiro atoms. The molecule has 0 unspecified atom stereocenters. The number of rotatable bonds is 3. The van der Waals surface area contributed by atoms with Crippen LogP contribution in [0.25, 0.3) is 15.9 Å². The molecule has 1 aliphatic rings. The average Bonchev–Trinajstić information content (AvgIpc) is 3.05. The molecule has 0 amide bonds. The van der Waals surface area contributed by atoms with Gasteiger partial charge in [-0.1, -0.05) is 12.7 Å². The Hall–Kier alpha value is -1.99. The van der Waals surface area contributed by atoms with E-state index < -0.39 is 0 Å². The van der Waals surface area contributed by atoms with Gasteiger partial charge in [0, 0.05) is 11.3 Å². The summed E-state index contributed by atoms with van der Waals surface area (Å²) in [6.07, 6.45) is 2.52. The van der Waals surface area contributed by atoms with Gasteiger partial charge in [0.1, 0.15) is 17.3 Å². The second-order valence-corrected chi connectivity index (χ2v) is 7.38. The van der Waals surface area contributed by atoms with E-state index in [9.17, 15) is 0 Å². The van der Waals surface area contributed by atoms with Crippen LogP contribution in [0, 0.1) is 6.92 Å². The first-order chi connectivity index (χ1) is 11.0. The van der Waals surface area contributed by atoms with E-state index in [4.69, 9.17) is 14.5 Å². The molecule has 3 aromatic rings. The van der Waals surface area contributed by atoms with Crippen LogP contribution in [0.3, 0.4) is 0 Å². The van der Waals surface area contributed by atoms with E-state index in [1.807, 2.05) is 6.92 Å². The highest BCUT2D eigenvalue weighted by atomic mass is 32.1. The van der Waals surface area contributed by atoms with E-state index in [1.165, 1.54) is 10.4 Å². The summed E-state index contributed by atoms with van der Waals surface area (Å²) in [5, 5.41) is 5.49. The van der Waals surface area contributed by atoms with Gasteiger partial charge in [-0.15, -0.1) is 16.4 Å². The fraction of sp³-hybridized carbons (Fsp3) is 0.438. The third kappa shape index (κ3) is 2.31. The number of thiophene rings is 1. The van der Waals surface area contributed by atoms with E-state index in [-0.39, 0.29) is 5.60 Å². The third-order valence-corrected chi connectivity index (χ3v) is 5.08. The number of ether oxygens (including phenoxy) is 2. The number of hydrogen-bond donors (Lipinski definition) is 0. The fourth-order valence-electron chi connectivity index (χ4n) is 2.92. The zero-order chi connectivity index (χ0) is 16.2. The highest BCUT2D eigenvalue weighted by Gasteiger charge is 2.31. The van der Waals surface area contributed by atoms with Crippen molar-refractivity contribution < 1.29 is 9.47 Å². The van der Waals surface area contributed by atoms with E-state index in [2.05, 4.69) is 30.5 Å². The second kappa shape index (κ2) is 5.01. The van der Waals surface area contributed by atoms with Crippen molar-refractivity contribution in [1.29, 1.82) is 0 Å². The largest absolute Gasteiger partial charge is 0.458 e. The van der Waals surface area contributed by atoms with E-state index in [0.29, 0.717) is 19.2 Å². The molecule has 0 aromatic carbocycles. The maximum Gasteiger partial charge on any atom is 0.336 e. The van der Waals surface area contributed by atoms with Crippen LogP contribution in [-0.4, -0.2) is 31.8 Å². The van der Waals surface area contributed by atoms with Crippen molar-refractivity contribution in [1.82, 2.24) is 19.6 Å². The van der Waals surface area contributed by atoms with Crippen molar-refractivity contribution in [2.75, 3.05) is 6.61 Å². The first-order valence-corrected chi connectivity index (χ1v) is 8.35. The number of hydrogen-bond acceptors (Lipinski definition) is 6. The molecule has 0 bridgehead atoms. The zero-order valence-corrected chi connectivity index (χ0v) is 14.2. The van der Waals surface area contributed by atoms with Crippen LogP contribution in [0.15, 0.2) is 12.7 Å². The predicted molar refractivity (Wildman–Crippen MR) is 89.2 cm³/mol. The van der Waals surface area contributed by atoms with Crippen LogP contribution in [0.4, 0.5) is 0 Å². The minimum Gasteiger partial charge on any atom is -0.458 e. The van der Waals surface area contributed by atoms with Crippen LogP contribution < -0.4 is 4.74 Å². The minimum atomic E-state index is -0.176. The molecule has 0 N–H and O–H groups in total. The Balaban J connectivity index is 1.97. The Kier molecular flexibility index (Phi) is 3.18. The Morgan fingerprint density at radius 3 is 3.04 bits per heavy atom. The third-order valence-electron chi connectivity index (χ3n) is 3.98. The predicted octanol–water partition coefficient (Wildman–Crippen LogP) is 3.06. The summed E-state index contributed by atoms with van der Waals surface area (Å²) in [5.74, 6) is 0.798. The Labute approximate surface area is 137 Å². The lowest BCUT2D eigenvalue weighted by Gasteiger charge is -2.30. The number of nitrogens with zero attached hydrogens (tertiary/aromatic N) is 4. The lowest BCUT2D eigenvalue weighted by Crippen LogP contribution is -2.31. The molecule has 6 nitrogen and oxygen atoms in total. The molecule has 0 radical (unpaired) electrons. The molecule has 120 valence electrons.